The maximum absolute atomic E-state index is 12.5. The molecule has 98 valence electrons. The largest absolute Gasteiger partial charge is 0.391 e. The first kappa shape index (κ1) is 12.9. The molecule has 2 rings (SSSR count). The highest BCUT2D eigenvalue weighted by Crippen LogP contribution is 2.32. The summed E-state index contributed by atoms with van der Waals surface area (Å²) in [5, 5.41) is 9.77. The van der Waals surface area contributed by atoms with Gasteiger partial charge in [0, 0.05) is 18.0 Å². The standard InChI is InChI=1S/C14H25NO2/c1-14(2)9-8-12(16)10-15(14)13(17)11-6-4-3-5-7-11/h11-12,16H,3-10H2,1-2H3. The van der Waals surface area contributed by atoms with Gasteiger partial charge in [-0.1, -0.05) is 19.3 Å². The fraction of sp³-hybridized carbons (Fsp3) is 0.929. The molecule has 0 bridgehead atoms. The second kappa shape index (κ2) is 4.97. The zero-order valence-electron chi connectivity index (χ0n) is 11.1. The summed E-state index contributed by atoms with van der Waals surface area (Å²) >= 11 is 0. The fourth-order valence-electron chi connectivity index (χ4n) is 3.16. The predicted molar refractivity (Wildman–Crippen MR) is 67.6 cm³/mol. The van der Waals surface area contributed by atoms with Crippen LogP contribution in [-0.2, 0) is 4.79 Å². The Hall–Kier alpha value is -0.570. The minimum atomic E-state index is -0.324. The van der Waals surface area contributed by atoms with Gasteiger partial charge in [-0.15, -0.1) is 0 Å². The number of rotatable bonds is 1. The van der Waals surface area contributed by atoms with Crippen LogP contribution >= 0.6 is 0 Å². The zero-order chi connectivity index (χ0) is 12.5. The smallest absolute Gasteiger partial charge is 0.226 e. The lowest BCUT2D eigenvalue weighted by molar-refractivity contribution is -0.147. The van der Waals surface area contributed by atoms with Crippen LogP contribution in [-0.4, -0.2) is 34.1 Å². The number of amides is 1. The average Bonchev–Trinajstić information content (AvgIpc) is 2.33. The minimum absolute atomic E-state index is 0.0756. The molecule has 0 spiro atoms. The van der Waals surface area contributed by atoms with Crippen molar-refractivity contribution in [1.29, 1.82) is 0 Å². The van der Waals surface area contributed by atoms with Gasteiger partial charge in [0.2, 0.25) is 5.91 Å². The molecule has 3 heteroatoms. The maximum atomic E-state index is 12.5. The van der Waals surface area contributed by atoms with Crippen LogP contribution in [0, 0.1) is 5.92 Å². The summed E-state index contributed by atoms with van der Waals surface area (Å²) in [7, 11) is 0. The van der Waals surface area contributed by atoms with E-state index in [-0.39, 0.29) is 23.5 Å². The van der Waals surface area contributed by atoms with Crippen molar-refractivity contribution in [3.8, 4) is 0 Å². The van der Waals surface area contributed by atoms with Crippen LogP contribution in [0.2, 0.25) is 0 Å². The number of β-amino-alcohol motifs (C(OH)–C–C–N with tert-alkyl or cyclic N) is 1. The highest BCUT2D eigenvalue weighted by atomic mass is 16.3. The van der Waals surface area contributed by atoms with Crippen molar-refractivity contribution >= 4 is 5.91 Å². The lowest BCUT2D eigenvalue weighted by Crippen LogP contribution is -2.56. The topological polar surface area (TPSA) is 40.5 Å². The third-order valence-electron chi connectivity index (χ3n) is 4.43. The van der Waals surface area contributed by atoms with Crippen molar-refractivity contribution in [3.63, 3.8) is 0 Å². The van der Waals surface area contributed by atoms with Gasteiger partial charge in [-0.3, -0.25) is 4.79 Å². The van der Waals surface area contributed by atoms with Crippen LogP contribution < -0.4 is 0 Å². The molecule has 0 aromatic rings. The van der Waals surface area contributed by atoms with Crippen molar-refractivity contribution in [3.05, 3.63) is 0 Å². The van der Waals surface area contributed by atoms with Gasteiger partial charge in [-0.05, 0) is 39.5 Å². The molecule has 0 radical (unpaired) electrons. The first-order valence-electron chi connectivity index (χ1n) is 7.00. The van der Waals surface area contributed by atoms with Gasteiger partial charge in [0.1, 0.15) is 0 Å². The highest BCUT2D eigenvalue weighted by molar-refractivity contribution is 5.79. The number of hydrogen-bond donors (Lipinski definition) is 1. The molecule has 0 aromatic carbocycles. The van der Waals surface area contributed by atoms with Crippen molar-refractivity contribution in [2.45, 2.75) is 70.4 Å². The van der Waals surface area contributed by atoms with E-state index in [1.54, 1.807) is 0 Å². The Bertz CT molecular complexity index is 282. The lowest BCUT2D eigenvalue weighted by atomic mass is 9.84. The van der Waals surface area contributed by atoms with E-state index in [2.05, 4.69) is 13.8 Å². The Morgan fingerprint density at radius 3 is 2.47 bits per heavy atom. The summed E-state index contributed by atoms with van der Waals surface area (Å²) in [5.41, 5.74) is -0.0756. The number of aliphatic hydroxyl groups excluding tert-OH is 1. The van der Waals surface area contributed by atoms with Gasteiger partial charge in [0.15, 0.2) is 0 Å². The van der Waals surface area contributed by atoms with E-state index in [4.69, 9.17) is 0 Å². The molecule has 1 saturated heterocycles. The molecular weight excluding hydrogens is 214 g/mol. The number of carbonyl (C=O) groups excluding carboxylic acids is 1. The van der Waals surface area contributed by atoms with Gasteiger partial charge in [-0.25, -0.2) is 0 Å². The molecule has 1 N–H and O–H groups in total. The summed E-state index contributed by atoms with van der Waals surface area (Å²) in [5.74, 6) is 0.502. The summed E-state index contributed by atoms with van der Waals surface area (Å²) in [4.78, 5) is 14.5. The van der Waals surface area contributed by atoms with E-state index in [1.807, 2.05) is 4.90 Å². The van der Waals surface area contributed by atoms with Crippen LogP contribution in [0.3, 0.4) is 0 Å². The van der Waals surface area contributed by atoms with Crippen molar-refractivity contribution in [1.82, 2.24) is 4.90 Å². The molecule has 1 heterocycles. The minimum Gasteiger partial charge on any atom is -0.391 e. The van der Waals surface area contributed by atoms with Crippen LogP contribution in [0.15, 0.2) is 0 Å². The van der Waals surface area contributed by atoms with Gasteiger partial charge in [-0.2, -0.15) is 0 Å². The Morgan fingerprint density at radius 2 is 1.82 bits per heavy atom. The predicted octanol–water partition coefficient (Wildman–Crippen LogP) is 2.33. The summed E-state index contributed by atoms with van der Waals surface area (Å²) in [6, 6.07) is 0. The quantitative estimate of drug-likeness (QED) is 0.763. The SMILES string of the molecule is CC1(C)CCC(O)CN1C(=O)C1CCCCC1. The van der Waals surface area contributed by atoms with E-state index in [1.165, 1.54) is 19.3 Å². The highest BCUT2D eigenvalue weighted by Gasteiger charge is 2.39. The summed E-state index contributed by atoms with van der Waals surface area (Å²) in [6.07, 6.45) is 7.14. The summed E-state index contributed by atoms with van der Waals surface area (Å²) in [6.45, 7) is 4.78. The molecular formula is C14H25NO2. The molecule has 1 aliphatic heterocycles. The van der Waals surface area contributed by atoms with Crippen LogP contribution in [0.4, 0.5) is 0 Å². The molecule has 3 nitrogen and oxygen atoms in total. The normalized spacial score (nSPS) is 30.3. The van der Waals surface area contributed by atoms with E-state index in [9.17, 15) is 9.90 Å². The van der Waals surface area contributed by atoms with Gasteiger partial charge in [0.05, 0.1) is 6.10 Å². The van der Waals surface area contributed by atoms with Crippen LogP contribution in [0.25, 0.3) is 0 Å². The number of aliphatic hydroxyl groups is 1. The number of piperidine rings is 1. The van der Waals surface area contributed by atoms with Crippen molar-refractivity contribution in [2.24, 2.45) is 5.92 Å². The monoisotopic (exact) mass is 239 g/mol. The van der Waals surface area contributed by atoms with Gasteiger partial charge < -0.3 is 10.0 Å². The molecule has 2 aliphatic rings. The first-order valence-corrected chi connectivity index (χ1v) is 7.00. The molecule has 1 atom stereocenters. The van der Waals surface area contributed by atoms with E-state index in [0.717, 1.165) is 25.7 Å². The molecule has 1 aliphatic carbocycles. The van der Waals surface area contributed by atoms with Gasteiger partial charge in [0.25, 0.3) is 0 Å². The number of nitrogens with zero attached hydrogens (tertiary/aromatic N) is 1. The molecule has 1 amide bonds. The first-order chi connectivity index (χ1) is 8.00. The molecule has 1 unspecified atom stereocenters. The second-order valence-electron chi connectivity index (χ2n) is 6.29. The van der Waals surface area contributed by atoms with E-state index in [0.29, 0.717) is 6.54 Å². The maximum Gasteiger partial charge on any atom is 0.226 e. The van der Waals surface area contributed by atoms with Gasteiger partial charge >= 0.3 is 0 Å². The Kier molecular flexibility index (Phi) is 3.76. The average molecular weight is 239 g/mol. The number of hydrogen-bond acceptors (Lipinski definition) is 2. The molecule has 17 heavy (non-hydrogen) atoms. The number of carbonyl (C=O) groups is 1. The van der Waals surface area contributed by atoms with Crippen molar-refractivity contribution < 1.29 is 9.90 Å². The van der Waals surface area contributed by atoms with E-state index >= 15 is 0 Å². The fourth-order valence-corrected chi connectivity index (χ4v) is 3.16. The lowest BCUT2D eigenvalue weighted by Gasteiger charge is -2.46. The van der Waals surface area contributed by atoms with Crippen molar-refractivity contribution in [2.75, 3.05) is 6.54 Å². The van der Waals surface area contributed by atoms with Crippen LogP contribution in [0.5, 0.6) is 0 Å². The van der Waals surface area contributed by atoms with E-state index < -0.39 is 0 Å². The van der Waals surface area contributed by atoms with Crippen LogP contribution in [0.1, 0.15) is 58.8 Å². The molecule has 0 aromatic heterocycles. The zero-order valence-corrected chi connectivity index (χ0v) is 11.1. The Balaban J connectivity index is 2.05. The Morgan fingerprint density at radius 1 is 1.18 bits per heavy atom. The number of likely N-dealkylation sites (tertiary alicyclic amines) is 1. The summed E-state index contributed by atoms with van der Waals surface area (Å²) < 4.78 is 0. The third kappa shape index (κ3) is 2.82. The second-order valence-corrected chi connectivity index (χ2v) is 6.29. The third-order valence-corrected chi connectivity index (χ3v) is 4.43. The Labute approximate surface area is 104 Å². The molecule has 2 fully saturated rings. The molecule has 1 saturated carbocycles.